The van der Waals surface area contributed by atoms with Crippen LogP contribution in [0.15, 0.2) is 29.2 Å². The van der Waals surface area contributed by atoms with E-state index in [9.17, 15) is 4.79 Å². The lowest BCUT2D eigenvalue weighted by atomic mass is 10.1. The summed E-state index contributed by atoms with van der Waals surface area (Å²) in [4.78, 5) is 13.7. The van der Waals surface area contributed by atoms with Crippen LogP contribution in [-0.4, -0.2) is 25.6 Å². The zero-order chi connectivity index (χ0) is 21.6. The Bertz CT molecular complexity index is 1180. The molecule has 3 heterocycles. The van der Waals surface area contributed by atoms with Crippen molar-refractivity contribution in [3.05, 3.63) is 67.3 Å². The molecule has 1 aromatic carbocycles. The summed E-state index contributed by atoms with van der Waals surface area (Å²) in [5, 5.41) is 18.5. The van der Waals surface area contributed by atoms with Crippen molar-refractivity contribution in [3.63, 3.8) is 0 Å². The first-order chi connectivity index (χ1) is 14.3. The highest BCUT2D eigenvalue weighted by Gasteiger charge is 2.39. The number of Topliss-reactive ketones (excluding diaryl/α,β-unsaturated/α-hetero) is 1. The van der Waals surface area contributed by atoms with Gasteiger partial charge in [-0.05, 0) is 62.9 Å². The fraction of sp³-hybridized carbons (Fsp3) is 0.304. The summed E-state index contributed by atoms with van der Waals surface area (Å²) in [6, 6.07) is 8.42. The number of nitrogens with one attached hydrogen (secondary N) is 1. The molecule has 0 spiro atoms. The predicted molar refractivity (Wildman–Crippen MR) is 125 cm³/mol. The fourth-order valence-electron chi connectivity index (χ4n) is 3.92. The van der Waals surface area contributed by atoms with Crippen LogP contribution in [0.4, 0.5) is 0 Å². The molecule has 0 bridgehead atoms. The molecule has 1 saturated heterocycles. The number of hydrogen-bond acceptors (Lipinski definition) is 6. The lowest BCUT2D eigenvalue weighted by Crippen LogP contribution is -2.11. The number of aryl methyl sites for hydroxylation is 4. The molecule has 2 aromatic heterocycles. The summed E-state index contributed by atoms with van der Waals surface area (Å²) in [5.74, 6) is -0.665. The minimum Gasteiger partial charge on any atom is -0.317 e. The molecular formula is C23H24N4OS2. The van der Waals surface area contributed by atoms with Crippen LogP contribution in [0.2, 0.25) is 0 Å². The van der Waals surface area contributed by atoms with Crippen LogP contribution in [0.3, 0.4) is 0 Å². The van der Waals surface area contributed by atoms with Gasteiger partial charge in [-0.2, -0.15) is 0 Å². The summed E-state index contributed by atoms with van der Waals surface area (Å²) >= 11 is 2.67. The van der Waals surface area contributed by atoms with Crippen molar-refractivity contribution in [2.45, 2.75) is 47.0 Å². The van der Waals surface area contributed by atoms with Crippen molar-refractivity contribution < 1.29 is 4.79 Å². The lowest BCUT2D eigenvalue weighted by molar-refractivity contribution is -0.114. The highest BCUT2D eigenvalue weighted by molar-refractivity contribution is 8.19. The number of carbonyl (C=O) groups is 1. The Hall–Kier alpha value is -2.51. The highest BCUT2D eigenvalue weighted by Crippen LogP contribution is 2.42. The van der Waals surface area contributed by atoms with Crippen LogP contribution in [0.25, 0.3) is 11.8 Å². The third-order valence-corrected chi connectivity index (χ3v) is 7.57. The maximum Gasteiger partial charge on any atom is 0.186 e. The van der Waals surface area contributed by atoms with E-state index in [2.05, 4.69) is 66.7 Å². The molecule has 154 valence electrons. The van der Waals surface area contributed by atoms with Crippen LogP contribution in [-0.2, 0) is 11.2 Å². The second-order valence-corrected chi connectivity index (χ2v) is 9.74. The summed E-state index contributed by atoms with van der Waals surface area (Å²) < 4.78 is 2.25. The molecule has 1 N–H and O–H groups in total. The van der Waals surface area contributed by atoms with Gasteiger partial charge in [-0.25, -0.2) is 0 Å². The van der Waals surface area contributed by atoms with Gasteiger partial charge in [0.1, 0.15) is 15.9 Å². The molecule has 0 amide bonds. The topological polar surface area (TPSA) is 71.6 Å². The number of hydrogen-bond donors (Lipinski definition) is 1. The third kappa shape index (κ3) is 3.46. The number of para-hydroxylation sites is 1. The molecule has 0 radical (unpaired) electrons. The minimum atomic E-state index is -0.610. The number of aromatic nitrogens is 3. The normalized spacial score (nSPS) is 18.0. The van der Waals surface area contributed by atoms with Crippen molar-refractivity contribution in [2.24, 2.45) is 0 Å². The second-order valence-electron chi connectivity index (χ2n) is 7.56. The van der Waals surface area contributed by atoms with E-state index >= 15 is 0 Å². The van der Waals surface area contributed by atoms with E-state index in [1.165, 1.54) is 39.9 Å². The minimum absolute atomic E-state index is 0.0549. The van der Waals surface area contributed by atoms with Gasteiger partial charge in [0.25, 0.3) is 0 Å². The number of carbonyl (C=O) groups excluding carboxylic acids is 1. The largest absolute Gasteiger partial charge is 0.317 e. The maximum absolute atomic E-state index is 13.1. The Kier molecular flexibility index (Phi) is 5.51. The molecule has 7 heteroatoms. The number of allylic oxidation sites excluding steroid dienone is 1. The second kappa shape index (κ2) is 7.96. The molecule has 0 saturated carbocycles. The smallest absolute Gasteiger partial charge is 0.186 e. The van der Waals surface area contributed by atoms with E-state index in [1.807, 2.05) is 13.0 Å². The van der Waals surface area contributed by atoms with Crippen LogP contribution in [0, 0.1) is 33.1 Å². The Morgan fingerprint density at radius 2 is 1.87 bits per heavy atom. The van der Waals surface area contributed by atoms with E-state index < -0.39 is 5.92 Å². The Balaban J connectivity index is 1.73. The van der Waals surface area contributed by atoms with Gasteiger partial charge < -0.3 is 4.57 Å². The van der Waals surface area contributed by atoms with Crippen LogP contribution < -0.4 is 0 Å². The third-order valence-electron chi connectivity index (χ3n) is 5.44. The average Bonchev–Trinajstić information content (AvgIpc) is 3.34. The van der Waals surface area contributed by atoms with Gasteiger partial charge in [-0.15, -0.1) is 21.5 Å². The highest BCUT2D eigenvalue weighted by atomic mass is 32.2. The molecule has 1 atom stereocenters. The first-order valence-corrected chi connectivity index (χ1v) is 11.5. The first-order valence-electron chi connectivity index (χ1n) is 9.91. The summed E-state index contributed by atoms with van der Waals surface area (Å²) in [6.07, 6.45) is 2.71. The number of rotatable bonds is 4. The van der Waals surface area contributed by atoms with Gasteiger partial charge in [-0.1, -0.05) is 36.9 Å². The molecule has 5 nitrogen and oxygen atoms in total. The van der Waals surface area contributed by atoms with E-state index in [0.717, 1.165) is 28.4 Å². The molecule has 0 unspecified atom stereocenters. The quantitative estimate of drug-likeness (QED) is 0.545. The molecule has 0 aliphatic carbocycles. The molecule has 4 rings (SSSR count). The Morgan fingerprint density at radius 1 is 1.17 bits per heavy atom. The number of thioether (sulfide) groups is 1. The van der Waals surface area contributed by atoms with Gasteiger partial charge in [0.2, 0.25) is 0 Å². The van der Waals surface area contributed by atoms with Gasteiger partial charge in [0, 0.05) is 11.4 Å². The maximum atomic E-state index is 13.1. The monoisotopic (exact) mass is 436 g/mol. The van der Waals surface area contributed by atoms with E-state index in [4.69, 9.17) is 5.41 Å². The van der Waals surface area contributed by atoms with Crippen LogP contribution in [0.1, 0.15) is 50.9 Å². The van der Waals surface area contributed by atoms with E-state index in [1.54, 1.807) is 0 Å². The number of ketones is 1. The summed E-state index contributed by atoms with van der Waals surface area (Å²) in [6.45, 7) is 10.4. The molecule has 1 fully saturated rings. The van der Waals surface area contributed by atoms with Crippen LogP contribution >= 0.6 is 23.1 Å². The molecule has 1 aliphatic heterocycles. The number of nitrogens with zero attached hydrogens (tertiary/aromatic N) is 3. The van der Waals surface area contributed by atoms with Crippen molar-refractivity contribution >= 4 is 40.0 Å². The molecule has 1 aliphatic rings. The zero-order valence-electron chi connectivity index (χ0n) is 17.7. The average molecular weight is 437 g/mol. The first kappa shape index (κ1) is 20.8. The molecule has 30 heavy (non-hydrogen) atoms. The molecular weight excluding hydrogens is 412 g/mol. The van der Waals surface area contributed by atoms with Gasteiger partial charge in [0.15, 0.2) is 5.78 Å². The molecule has 3 aromatic rings. The van der Waals surface area contributed by atoms with Crippen molar-refractivity contribution in [1.29, 1.82) is 5.41 Å². The van der Waals surface area contributed by atoms with Crippen molar-refractivity contribution in [2.75, 3.05) is 0 Å². The fourth-order valence-corrected chi connectivity index (χ4v) is 5.86. The predicted octanol–water partition coefficient (Wildman–Crippen LogP) is 5.54. The van der Waals surface area contributed by atoms with Gasteiger partial charge in [-0.3, -0.25) is 10.2 Å². The van der Waals surface area contributed by atoms with E-state index in [-0.39, 0.29) is 5.78 Å². The van der Waals surface area contributed by atoms with Crippen molar-refractivity contribution in [3.8, 4) is 5.69 Å². The lowest BCUT2D eigenvalue weighted by Gasteiger charge is -2.15. The van der Waals surface area contributed by atoms with Gasteiger partial charge >= 0.3 is 0 Å². The standard InChI is InChI=1S/C23H24N4OS2/c1-6-18-25-26-23(30-18)19-21(28)17(29-22(19)24)11-16-10-14(4)27(15(16)5)20-12(2)8-7-9-13(20)3/h7-11,19,24H,6H2,1-5H3/b17-11-,24-22?/t19-/m0/s1. The van der Waals surface area contributed by atoms with Crippen molar-refractivity contribution in [1.82, 2.24) is 14.8 Å². The summed E-state index contributed by atoms with van der Waals surface area (Å²) in [5.41, 5.74) is 6.83. The summed E-state index contributed by atoms with van der Waals surface area (Å²) in [7, 11) is 0. The van der Waals surface area contributed by atoms with E-state index in [0.29, 0.717) is 15.0 Å². The Morgan fingerprint density at radius 3 is 2.50 bits per heavy atom. The van der Waals surface area contributed by atoms with Crippen LogP contribution in [0.5, 0.6) is 0 Å². The van der Waals surface area contributed by atoms with Gasteiger partial charge in [0.05, 0.1) is 15.6 Å². The zero-order valence-corrected chi connectivity index (χ0v) is 19.4. The SMILES string of the molecule is CCc1nnc([C@@H]2C(=N)S/C(=C\c3cc(C)n(-c4c(C)cccc4C)c3C)C2=O)s1. The number of benzene rings is 1. The Labute approximate surface area is 184 Å².